The molecule has 1 aliphatic carbocycles. The van der Waals surface area contributed by atoms with Crippen LogP contribution in [0.25, 0.3) is 0 Å². The summed E-state index contributed by atoms with van der Waals surface area (Å²) in [5.74, 6) is 0.512. The van der Waals surface area contributed by atoms with E-state index in [1.54, 1.807) is 18.3 Å². The Kier molecular flexibility index (Phi) is 6.28. The molecule has 1 saturated carbocycles. The molecule has 0 bridgehead atoms. The Labute approximate surface area is 165 Å². The number of hydrogen-bond acceptors (Lipinski definition) is 6. The Balaban J connectivity index is 1.64. The molecule has 0 aliphatic heterocycles. The van der Waals surface area contributed by atoms with E-state index in [1.807, 2.05) is 13.8 Å². The summed E-state index contributed by atoms with van der Waals surface area (Å²) in [7, 11) is -3.47. The summed E-state index contributed by atoms with van der Waals surface area (Å²) < 4.78 is 31.2. The van der Waals surface area contributed by atoms with Gasteiger partial charge >= 0.3 is 0 Å². The van der Waals surface area contributed by atoms with E-state index in [2.05, 4.69) is 15.3 Å². The summed E-state index contributed by atoms with van der Waals surface area (Å²) in [6.07, 6.45) is 6.79. The number of carbonyl (C=O) groups excluding carboxylic acids is 1. The van der Waals surface area contributed by atoms with Crippen LogP contribution in [0.2, 0.25) is 0 Å². The zero-order valence-corrected chi connectivity index (χ0v) is 16.9. The van der Waals surface area contributed by atoms with Crippen molar-refractivity contribution in [3.63, 3.8) is 0 Å². The number of pyridine rings is 2. The molecule has 1 amide bonds. The molecule has 8 heteroatoms. The fraction of sp³-hybridized carbons (Fsp3) is 0.450. The molecule has 0 unspecified atom stereocenters. The lowest BCUT2D eigenvalue weighted by molar-refractivity contribution is -0.120. The molecule has 2 atom stereocenters. The third-order valence-electron chi connectivity index (χ3n) is 4.77. The number of anilines is 1. The first kappa shape index (κ1) is 20.3. The SMILES string of the molecule is CC(C)Oc1ccc(NC(=O)[C@@H]2CCC[C@@H](S(=O)(=O)c3ccncc3)C2)nc1. The first-order valence-corrected chi connectivity index (χ1v) is 11.0. The minimum absolute atomic E-state index is 0.0451. The van der Waals surface area contributed by atoms with E-state index in [9.17, 15) is 13.2 Å². The van der Waals surface area contributed by atoms with Crippen LogP contribution in [0.4, 0.5) is 5.82 Å². The van der Waals surface area contributed by atoms with Crippen molar-refractivity contribution in [3.8, 4) is 5.75 Å². The second kappa shape index (κ2) is 8.68. The van der Waals surface area contributed by atoms with E-state index in [0.29, 0.717) is 37.3 Å². The van der Waals surface area contributed by atoms with Crippen molar-refractivity contribution < 1.29 is 17.9 Å². The maximum absolute atomic E-state index is 12.9. The van der Waals surface area contributed by atoms with Crippen LogP contribution in [0.1, 0.15) is 39.5 Å². The summed E-state index contributed by atoms with van der Waals surface area (Å²) in [6.45, 7) is 3.85. The summed E-state index contributed by atoms with van der Waals surface area (Å²) >= 11 is 0. The van der Waals surface area contributed by atoms with Gasteiger partial charge in [0.25, 0.3) is 0 Å². The molecule has 3 rings (SSSR count). The second-order valence-corrected chi connectivity index (χ2v) is 9.48. The highest BCUT2D eigenvalue weighted by molar-refractivity contribution is 7.92. The number of amides is 1. The number of rotatable bonds is 6. The molecule has 2 aromatic rings. The Morgan fingerprint density at radius 3 is 2.57 bits per heavy atom. The maximum atomic E-state index is 12.9. The van der Waals surface area contributed by atoms with Gasteiger partial charge in [-0.25, -0.2) is 13.4 Å². The predicted molar refractivity (Wildman–Crippen MR) is 106 cm³/mol. The van der Waals surface area contributed by atoms with Gasteiger partial charge in [0.1, 0.15) is 11.6 Å². The molecule has 1 N–H and O–H groups in total. The van der Waals surface area contributed by atoms with E-state index in [0.717, 1.165) is 0 Å². The van der Waals surface area contributed by atoms with Gasteiger partial charge in [0.05, 0.1) is 22.4 Å². The summed E-state index contributed by atoms with van der Waals surface area (Å²) in [5, 5.41) is 2.23. The number of carbonyl (C=O) groups is 1. The van der Waals surface area contributed by atoms with Crippen LogP contribution in [-0.2, 0) is 14.6 Å². The van der Waals surface area contributed by atoms with Crippen LogP contribution in [0.3, 0.4) is 0 Å². The molecule has 0 saturated heterocycles. The van der Waals surface area contributed by atoms with Gasteiger partial charge in [-0.3, -0.25) is 9.78 Å². The van der Waals surface area contributed by atoms with Crippen LogP contribution in [-0.4, -0.2) is 35.6 Å². The van der Waals surface area contributed by atoms with Crippen LogP contribution in [0.15, 0.2) is 47.8 Å². The van der Waals surface area contributed by atoms with Crippen molar-refractivity contribution in [3.05, 3.63) is 42.9 Å². The van der Waals surface area contributed by atoms with Crippen LogP contribution in [0.5, 0.6) is 5.75 Å². The van der Waals surface area contributed by atoms with Gasteiger partial charge in [0, 0.05) is 18.3 Å². The topological polar surface area (TPSA) is 98.2 Å². The average Bonchev–Trinajstić information content (AvgIpc) is 2.70. The third kappa shape index (κ3) is 4.86. The molecule has 0 radical (unpaired) electrons. The molecule has 150 valence electrons. The summed E-state index contributed by atoms with van der Waals surface area (Å²) in [5.41, 5.74) is 0. The van der Waals surface area contributed by atoms with Crippen molar-refractivity contribution in [1.82, 2.24) is 9.97 Å². The van der Waals surface area contributed by atoms with E-state index >= 15 is 0 Å². The molecule has 1 fully saturated rings. The number of sulfone groups is 1. The molecule has 28 heavy (non-hydrogen) atoms. The minimum atomic E-state index is -3.47. The number of ether oxygens (including phenoxy) is 1. The van der Waals surface area contributed by atoms with Gasteiger partial charge in [-0.05, 0) is 57.4 Å². The van der Waals surface area contributed by atoms with E-state index < -0.39 is 15.1 Å². The molecule has 0 aromatic carbocycles. The molecular formula is C20H25N3O4S. The number of nitrogens with zero attached hydrogens (tertiary/aromatic N) is 2. The van der Waals surface area contributed by atoms with Crippen molar-refractivity contribution in [1.29, 1.82) is 0 Å². The summed E-state index contributed by atoms with van der Waals surface area (Å²) in [4.78, 5) is 21.0. The fourth-order valence-electron chi connectivity index (χ4n) is 3.41. The third-order valence-corrected chi connectivity index (χ3v) is 7.01. The van der Waals surface area contributed by atoms with Crippen molar-refractivity contribution >= 4 is 21.6 Å². The van der Waals surface area contributed by atoms with Gasteiger partial charge in [0.2, 0.25) is 5.91 Å². The van der Waals surface area contributed by atoms with Gasteiger partial charge in [-0.1, -0.05) is 6.42 Å². The van der Waals surface area contributed by atoms with Crippen molar-refractivity contribution in [2.75, 3.05) is 5.32 Å². The van der Waals surface area contributed by atoms with Crippen molar-refractivity contribution in [2.45, 2.75) is 55.8 Å². The Morgan fingerprint density at radius 1 is 1.18 bits per heavy atom. The number of nitrogens with one attached hydrogen (secondary N) is 1. The van der Waals surface area contributed by atoms with Gasteiger partial charge in [-0.2, -0.15) is 0 Å². The quantitative estimate of drug-likeness (QED) is 0.795. The average molecular weight is 404 g/mol. The second-order valence-electron chi connectivity index (χ2n) is 7.25. The van der Waals surface area contributed by atoms with Gasteiger partial charge in [0.15, 0.2) is 9.84 Å². The molecule has 2 aromatic heterocycles. The lowest BCUT2D eigenvalue weighted by Gasteiger charge is -2.28. The standard InChI is InChI=1S/C20H25N3O4S/c1-14(2)27-16-6-7-19(22-13-16)23-20(24)15-4-3-5-18(12-15)28(25,26)17-8-10-21-11-9-17/h6-11,13-15,18H,3-5,12H2,1-2H3,(H,22,23,24)/t15-,18-/m1/s1. The van der Waals surface area contributed by atoms with Gasteiger partial charge in [-0.15, -0.1) is 0 Å². The first-order valence-electron chi connectivity index (χ1n) is 9.44. The normalized spacial score (nSPS) is 20.0. The lowest BCUT2D eigenvalue weighted by Crippen LogP contribution is -2.34. The molecule has 2 heterocycles. The maximum Gasteiger partial charge on any atom is 0.228 e. The highest BCUT2D eigenvalue weighted by atomic mass is 32.2. The smallest absolute Gasteiger partial charge is 0.228 e. The fourth-order valence-corrected chi connectivity index (χ4v) is 5.26. The highest BCUT2D eigenvalue weighted by Crippen LogP contribution is 2.32. The van der Waals surface area contributed by atoms with E-state index in [4.69, 9.17) is 4.74 Å². The van der Waals surface area contributed by atoms with E-state index in [-0.39, 0.29) is 22.8 Å². The Hall–Kier alpha value is -2.48. The van der Waals surface area contributed by atoms with Crippen molar-refractivity contribution in [2.24, 2.45) is 5.92 Å². The zero-order chi connectivity index (χ0) is 20.1. The highest BCUT2D eigenvalue weighted by Gasteiger charge is 2.35. The van der Waals surface area contributed by atoms with Crippen LogP contribution in [0, 0.1) is 5.92 Å². The van der Waals surface area contributed by atoms with Gasteiger partial charge < -0.3 is 10.1 Å². The summed E-state index contributed by atoms with van der Waals surface area (Å²) in [6, 6.07) is 6.44. The predicted octanol–water partition coefficient (Wildman–Crippen LogP) is 3.24. The van der Waals surface area contributed by atoms with Crippen LogP contribution < -0.4 is 10.1 Å². The van der Waals surface area contributed by atoms with E-state index in [1.165, 1.54) is 24.5 Å². The molecule has 1 aliphatic rings. The molecule has 0 spiro atoms. The Bertz CT molecular complexity index is 899. The first-order chi connectivity index (χ1) is 13.4. The number of aromatic nitrogens is 2. The monoisotopic (exact) mass is 403 g/mol. The molecular weight excluding hydrogens is 378 g/mol. The largest absolute Gasteiger partial charge is 0.489 e. The Morgan fingerprint density at radius 2 is 1.93 bits per heavy atom. The number of hydrogen-bond donors (Lipinski definition) is 1. The zero-order valence-electron chi connectivity index (χ0n) is 16.0. The minimum Gasteiger partial charge on any atom is -0.489 e. The lowest BCUT2D eigenvalue weighted by atomic mass is 9.88. The molecule has 7 nitrogen and oxygen atoms in total. The van der Waals surface area contributed by atoms with Crippen LogP contribution >= 0.6 is 0 Å².